The molecule has 0 aromatic heterocycles. The van der Waals surface area contributed by atoms with Crippen molar-refractivity contribution in [3.05, 3.63) is 23.2 Å². The summed E-state index contributed by atoms with van der Waals surface area (Å²) in [6.07, 6.45) is 0. The highest BCUT2D eigenvalue weighted by Gasteiger charge is 2.02. The van der Waals surface area contributed by atoms with E-state index in [-0.39, 0.29) is 6.61 Å². The van der Waals surface area contributed by atoms with Crippen LogP contribution in [0.4, 0.5) is 0 Å². The van der Waals surface area contributed by atoms with Gasteiger partial charge in [0, 0.05) is 19.2 Å². The van der Waals surface area contributed by atoms with Crippen molar-refractivity contribution in [2.24, 2.45) is 0 Å². The Balaban J connectivity index is 2.36. The first kappa shape index (κ1) is 13.1. The van der Waals surface area contributed by atoms with E-state index in [4.69, 9.17) is 26.2 Å². The maximum Gasteiger partial charge on any atom is 0.138 e. The fourth-order valence-corrected chi connectivity index (χ4v) is 1.39. The van der Waals surface area contributed by atoms with Gasteiger partial charge in [-0.15, -0.1) is 0 Å². The lowest BCUT2D eigenvalue weighted by atomic mass is 10.3. The number of methoxy groups -OCH3 is 1. The number of hydrogen-bond donors (Lipinski definition) is 2. The molecule has 1 rings (SSSR count). The molecule has 0 unspecified atom stereocenters. The number of aliphatic hydroxyl groups excluding tert-OH is 1. The Bertz CT molecular complexity index is 320. The molecule has 5 heteroatoms. The van der Waals surface area contributed by atoms with Gasteiger partial charge >= 0.3 is 0 Å². The molecule has 0 bridgehead atoms. The summed E-state index contributed by atoms with van der Waals surface area (Å²) >= 11 is 5.98. The summed E-state index contributed by atoms with van der Waals surface area (Å²) in [5, 5.41) is 12.1. The van der Waals surface area contributed by atoms with Crippen LogP contribution >= 0.6 is 11.6 Å². The third-order valence-corrected chi connectivity index (χ3v) is 2.26. The minimum Gasteiger partial charge on any atom is -0.497 e. The maximum absolute atomic E-state index is 8.55. The van der Waals surface area contributed by atoms with Gasteiger partial charge in [-0.05, 0) is 12.1 Å². The van der Waals surface area contributed by atoms with Gasteiger partial charge in [0.15, 0.2) is 0 Å². The summed E-state index contributed by atoms with van der Waals surface area (Å²) in [5.41, 5.74) is 0. The zero-order valence-electron chi connectivity index (χ0n) is 9.20. The first-order chi connectivity index (χ1) is 7.77. The Morgan fingerprint density at radius 2 is 2.19 bits per heavy atom. The van der Waals surface area contributed by atoms with Crippen molar-refractivity contribution in [2.75, 3.05) is 33.4 Å². The highest BCUT2D eigenvalue weighted by molar-refractivity contribution is 6.32. The van der Waals surface area contributed by atoms with Gasteiger partial charge in [0.1, 0.15) is 18.1 Å². The van der Waals surface area contributed by atoms with Gasteiger partial charge in [-0.1, -0.05) is 11.6 Å². The van der Waals surface area contributed by atoms with Crippen molar-refractivity contribution in [1.82, 2.24) is 5.32 Å². The average Bonchev–Trinajstić information content (AvgIpc) is 2.30. The van der Waals surface area contributed by atoms with Crippen LogP contribution in [0.3, 0.4) is 0 Å². The van der Waals surface area contributed by atoms with Crippen LogP contribution in [0.15, 0.2) is 18.2 Å². The number of halogens is 1. The molecule has 0 atom stereocenters. The lowest BCUT2D eigenvalue weighted by Crippen LogP contribution is -2.24. The predicted molar refractivity (Wildman–Crippen MR) is 63.5 cm³/mol. The molecule has 0 spiro atoms. The van der Waals surface area contributed by atoms with Crippen molar-refractivity contribution in [3.63, 3.8) is 0 Å². The van der Waals surface area contributed by atoms with Crippen LogP contribution in [0.5, 0.6) is 11.5 Å². The molecule has 4 nitrogen and oxygen atoms in total. The topological polar surface area (TPSA) is 50.7 Å². The number of hydrogen-bond acceptors (Lipinski definition) is 4. The molecule has 1 aromatic carbocycles. The molecule has 0 heterocycles. The fraction of sp³-hybridized carbons (Fsp3) is 0.455. The van der Waals surface area contributed by atoms with Gasteiger partial charge < -0.3 is 19.9 Å². The van der Waals surface area contributed by atoms with E-state index in [1.807, 2.05) is 0 Å². The Kier molecular flexibility index (Phi) is 6.00. The van der Waals surface area contributed by atoms with Crippen molar-refractivity contribution < 1.29 is 14.6 Å². The van der Waals surface area contributed by atoms with Crippen LogP contribution in [-0.4, -0.2) is 38.5 Å². The van der Waals surface area contributed by atoms with E-state index >= 15 is 0 Å². The van der Waals surface area contributed by atoms with E-state index in [2.05, 4.69) is 5.32 Å². The summed E-state index contributed by atoms with van der Waals surface area (Å²) in [5.74, 6) is 1.34. The van der Waals surface area contributed by atoms with Gasteiger partial charge in [0.2, 0.25) is 0 Å². The van der Waals surface area contributed by atoms with Crippen molar-refractivity contribution in [3.8, 4) is 11.5 Å². The van der Waals surface area contributed by atoms with E-state index in [1.165, 1.54) is 0 Å². The van der Waals surface area contributed by atoms with Crippen molar-refractivity contribution >= 4 is 11.6 Å². The summed E-state index contributed by atoms with van der Waals surface area (Å²) < 4.78 is 10.5. The molecule has 0 amide bonds. The molecule has 0 aliphatic carbocycles. The van der Waals surface area contributed by atoms with Crippen LogP contribution < -0.4 is 14.8 Å². The van der Waals surface area contributed by atoms with Crippen LogP contribution in [0.25, 0.3) is 0 Å². The number of nitrogens with one attached hydrogen (secondary N) is 1. The number of aliphatic hydroxyl groups is 1. The van der Waals surface area contributed by atoms with Gasteiger partial charge in [-0.3, -0.25) is 0 Å². The zero-order valence-corrected chi connectivity index (χ0v) is 9.96. The quantitative estimate of drug-likeness (QED) is 0.712. The molecule has 0 fully saturated rings. The number of rotatable bonds is 7. The standard InChI is InChI=1S/C11H16ClNO3/c1-15-9-2-3-11(10(12)8-9)16-7-5-13-4-6-14/h2-3,8,13-14H,4-7H2,1H3. The molecule has 2 N–H and O–H groups in total. The van der Waals surface area contributed by atoms with E-state index in [0.717, 1.165) is 0 Å². The highest BCUT2D eigenvalue weighted by Crippen LogP contribution is 2.28. The smallest absolute Gasteiger partial charge is 0.138 e. The number of ether oxygens (including phenoxy) is 2. The SMILES string of the molecule is COc1ccc(OCCNCCO)c(Cl)c1. The second kappa shape index (κ2) is 7.33. The second-order valence-electron chi connectivity index (χ2n) is 3.12. The lowest BCUT2D eigenvalue weighted by molar-refractivity contribution is 0.276. The Labute approximate surface area is 100 Å². The Morgan fingerprint density at radius 3 is 2.81 bits per heavy atom. The van der Waals surface area contributed by atoms with E-state index in [0.29, 0.717) is 36.2 Å². The maximum atomic E-state index is 8.55. The average molecular weight is 246 g/mol. The van der Waals surface area contributed by atoms with Gasteiger partial charge in [0.05, 0.1) is 18.7 Å². The normalized spacial score (nSPS) is 10.2. The summed E-state index contributed by atoms with van der Waals surface area (Å²) in [7, 11) is 1.59. The summed E-state index contributed by atoms with van der Waals surface area (Å²) in [6, 6.07) is 5.27. The largest absolute Gasteiger partial charge is 0.497 e. The second-order valence-corrected chi connectivity index (χ2v) is 3.53. The molecular weight excluding hydrogens is 230 g/mol. The summed E-state index contributed by atoms with van der Waals surface area (Å²) in [6.45, 7) is 1.87. The first-order valence-electron chi connectivity index (χ1n) is 5.06. The van der Waals surface area contributed by atoms with Crippen LogP contribution in [0, 0.1) is 0 Å². The van der Waals surface area contributed by atoms with Crippen LogP contribution in [0.2, 0.25) is 5.02 Å². The van der Waals surface area contributed by atoms with Gasteiger partial charge in [-0.2, -0.15) is 0 Å². The highest BCUT2D eigenvalue weighted by atomic mass is 35.5. The Hall–Kier alpha value is -0.970. The molecular formula is C11H16ClNO3. The van der Waals surface area contributed by atoms with Crippen LogP contribution in [0.1, 0.15) is 0 Å². The molecule has 0 saturated heterocycles. The third-order valence-electron chi connectivity index (χ3n) is 1.96. The van der Waals surface area contributed by atoms with Crippen LogP contribution in [-0.2, 0) is 0 Å². The van der Waals surface area contributed by atoms with E-state index < -0.39 is 0 Å². The molecule has 90 valence electrons. The van der Waals surface area contributed by atoms with E-state index in [9.17, 15) is 0 Å². The summed E-state index contributed by atoms with van der Waals surface area (Å²) in [4.78, 5) is 0. The van der Waals surface area contributed by atoms with Crippen molar-refractivity contribution in [2.45, 2.75) is 0 Å². The molecule has 1 aromatic rings. The predicted octanol–water partition coefficient (Wildman–Crippen LogP) is 1.31. The lowest BCUT2D eigenvalue weighted by Gasteiger charge is -2.09. The van der Waals surface area contributed by atoms with Crippen molar-refractivity contribution in [1.29, 1.82) is 0 Å². The Morgan fingerprint density at radius 1 is 1.38 bits per heavy atom. The minimum absolute atomic E-state index is 0.128. The zero-order chi connectivity index (χ0) is 11.8. The fourth-order valence-electron chi connectivity index (χ4n) is 1.16. The monoisotopic (exact) mass is 245 g/mol. The molecule has 0 aliphatic rings. The first-order valence-corrected chi connectivity index (χ1v) is 5.43. The molecule has 0 aliphatic heterocycles. The molecule has 16 heavy (non-hydrogen) atoms. The molecule has 0 saturated carbocycles. The minimum atomic E-state index is 0.128. The molecule has 0 radical (unpaired) electrons. The number of benzene rings is 1. The van der Waals surface area contributed by atoms with Gasteiger partial charge in [0.25, 0.3) is 0 Å². The van der Waals surface area contributed by atoms with E-state index in [1.54, 1.807) is 25.3 Å². The third kappa shape index (κ3) is 4.26. The van der Waals surface area contributed by atoms with Gasteiger partial charge in [-0.25, -0.2) is 0 Å².